The van der Waals surface area contributed by atoms with E-state index in [1.165, 1.54) is 0 Å². The third-order valence-electron chi connectivity index (χ3n) is 2.27. The second kappa shape index (κ2) is 6.16. The largest absolute Gasteiger partial charge is 0.444 e. The Bertz CT molecular complexity index is 417. The highest BCUT2D eigenvalue weighted by Crippen LogP contribution is 2.17. The third kappa shape index (κ3) is 4.12. The van der Waals surface area contributed by atoms with Crippen molar-refractivity contribution in [1.82, 2.24) is 4.90 Å². The van der Waals surface area contributed by atoms with Crippen molar-refractivity contribution in [3.63, 3.8) is 0 Å². The van der Waals surface area contributed by atoms with E-state index in [4.69, 9.17) is 22.4 Å². The molecule has 0 fully saturated rings. The lowest BCUT2D eigenvalue weighted by Gasteiger charge is -2.25. The Balaban J connectivity index is 2.77. The summed E-state index contributed by atoms with van der Waals surface area (Å²) in [6.07, 6.45) is 0.515. The van der Waals surface area contributed by atoms with Gasteiger partial charge in [-0.15, -0.1) is 0 Å². The SMILES string of the molecule is CC(C)N(CCC(N)=S)C(=O)c1ccc(Br)o1. The number of furan rings is 1. The Morgan fingerprint density at radius 3 is 2.65 bits per heavy atom. The molecule has 0 saturated heterocycles. The van der Waals surface area contributed by atoms with Gasteiger partial charge in [0.2, 0.25) is 0 Å². The highest BCUT2D eigenvalue weighted by molar-refractivity contribution is 9.10. The van der Waals surface area contributed by atoms with E-state index in [1.54, 1.807) is 17.0 Å². The maximum atomic E-state index is 12.1. The third-order valence-corrected chi connectivity index (χ3v) is 2.90. The van der Waals surface area contributed by atoms with E-state index in [-0.39, 0.29) is 11.9 Å². The van der Waals surface area contributed by atoms with E-state index in [1.807, 2.05) is 13.8 Å². The molecule has 2 N–H and O–H groups in total. The first-order chi connectivity index (χ1) is 7.91. The van der Waals surface area contributed by atoms with Crippen molar-refractivity contribution >= 4 is 39.0 Å². The summed E-state index contributed by atoms with van der Waals surface area (Å²) in [6, 6.07) is 3.41. The van der Waals surface area contributed by atoms with Gasteiger partial charge in [0.25, 0.3) is 5.91 Å². The van der Waals surface area contributed by atoms with Crippen LogP contribution < -0.4 is 5.73 Å². The summed E-state index contributed by atoms with van der Waals surface area (Å²) in [5.41, 5.74) is 5.45. The second-order valence-corrected chi connectivity index (χ2v) is 5.22. The average Bonchev–Trinajstić information content (AvgIpc) is 2.63. The molecule has 1 heterocycles. The lowest BCUT2D eigenvalue weighted by atomic mass is 10.2. The number of nitrogens with two attached hydrogens (primary N) is 1. The first-order valence-corrected chi connectivity index (χ1v) is 6.46. The Morgan fingerprint density at radius 2 is 2.24 bits per heavy atom. The zero-order valence-corrected chi connectivity index (χ0v) is 12.2. The van der Waals surface area contributed by atoms with Crippen LogP contribution >= 0.6 is 28.1 Å². The van der Waals surface area contributed by atoms with E-state index in [0.717, 1.165) is 0 Å². The standard InChI is InChI=1S/C11H15BrN2O2S/c1-7(2)14(6-5-10(13)17)11(15)8-3-4-9(12)16-8/h3-4,7H,5-6H2,1-2H3,(H2,13,17). The van der Waals surface area contributed by atoms with E-state index in [9.17, 15) is 4.79 Å². The molecular formula is C11H15BrN2O2S. The van der Waals surface area contributed by atoms with Crippen LogP contribution in [0, 0.1) is 0 Å². The van der Waals surface area contributed by atoms with Crippen LogP contribution in [0.2, 0.25) is 0 Å². The Kier molecular flexibility index (Phi) is 5.14. The highest BCUT2D eigenvalue weighted by atomic mass is 79.9. The monoisotopic (exact) mass is 318 g/mol. The molecule has 0 atom stereocenters. The summed E-state index contributed by atoms with van der Waals surface area (Å²) in [5.74, 6) is 0.162. The van der Waals surface area contributed by atoms with Gasteiger partial charge >= 0.3 is 0 Å². The van der Waals surface area contributed by atoms with Crippen LogP contribution in [0.3, 0.4) is 0 Å². The van der Waals surface area contributed by atoms with Crippen molar-refractivity contribution in [3.05, 3.63) is 22.6 Å². The van der Waals surface area contributed by atoms with E-state index in [0.29, 0.717) is 28.4 Å². The zero-order chi connectivity index (χ0) is 13.0. The van der Waals surface area contributed by atoms with Crippen molar-refractivity contribution in [2.75, 3.05) is 6.54 Å². The minimum absolute atomic E-state index is 0.0701. The normalized spacial score (nSPS) is 10.6. The first kappa shape index (κ1) is 14.2. The van der Waals surface area contributed by atoms with Crippen molar-refractivity contribution < 1.29 is 9.21 Å². The molecule has 0 aromatic carbocycles. The molecule has 1 aromatic heterocycles. The maximum absolute atomic E-state index is 12.1. The summed E-state index contributed by atoms with van der Waals surface area (Å²) >= 11 is 7.99. The summed E-state index contributed by atoms with van der Waals surface area (Å²) in [6.45, 7) is 4.38. The predicted octanol–water partition coefficient (Wildman–Crippen LogP) is 2.57. The van der Waals surface area contributed by atoms with Gasteiger partial charge in [-0.1, -0.05) is 12.2 Å². The molecule has 94 valence electrons. The number of amides is 1. The number of rotatable bonds is 5. The maximum Gasteiger partial charge on any atom is 0.289 e. The van der Waals surface area contributed by atoms with Crippen molar-refractivity contribution in [2.24, 2.45) is 5.73 Å². The fourth-order valence-corrected chi connectivity index (χ4v) is 1.79. The van der Waals surface area contributed by atoms with E-state index in [2.05, 4.69) is 15.9 Å². The van der Waals surface area contributed by atoms with E-state index < -0.39 is 0 Å². The predicted molar refractivity (Wildman–Crippen MR) is 74.0 cm³/mol. The zero-order valence-electron chi connectivity index (χ0n) is 9.77. The highest BCUT2D eigenvalue weighted by Gasteiger charge is 2.21. The molecule has 17 heavy (non-hydrogen) atoms. The molecule has 0 bridgehead atoms. The van der Waals surface area contributed by atoms with Gasteiger partial charge in [-0.05, 0) is 41.9 Å². The number of carbonyl (C=O) groups excluding carboxylic acids is 1. The van der Waals surface area contributed by atoms with E-state index >= 15 is 0 Å². The van der Waals surface area contributed by atoms with Crippen molar-refractivity contribution in [1.29, 1.82) is 0 Å². The second-order valence-electron chi connectivity index (χ2n) is 3.91. The summed E-state index contributed by atoms with van der Waals surface area (Å²) < 4.78 is 5.79. The fourth-order valence-electron chi connectivity index (χ4n) is 1.40. The van der Waals surface area contributed by atoms with Gasteiger partial charge < -0.3 is 15.1 Å². The van der Waals surface area contributed by atoms with Crippen LogP contribution in [-0.4, -0.2) is 28.4 Å². The molecule has 0 unspecified atom stereocenters. The van der Waals surface area contributed by atoms with Gasteiger partial charge in [-0.3, -0.25) is 4.79 Å². The molecule has 1 rings (SSSR count). The van der Waals surface area contributed by atoms with Gasteiger partial charge in [-0.2, -0.15) is 0 Å². The van der Waals surface area contributed by atoms with Gasteiger partial charge in [0.1, 0.15) is 0 Å². The van der Waals surface area contributed by atoms with Crippen LogP contribution in [0.1, 0.15) is 30.8 Å². The number of hydrogen-bond donors (Lipinski definition) is 1. The molecule has 0 aliphatic rings. The first-order valence-electron chi connectivity index (χ1n) is 5.26. The van der Waals surface area contributed by atoms with Gasteiger partial charge in [0.15, 0.2) is 10.4 Å². The molecule has 1 aromatic rings. The molecule has 4 nitrogen and oxygen atoms in total. The molecule has 0 spiro atoms. The molecule has 0 saturated carbocycles. The lowest BCUT2D eigenvalue weighted by Crippen LogP contribution is -2.38. The van der Waals surface area contributed by atoms with Crippen molar-refractivity contribution in [2.45, 2.75) is 26.3 Å². The number of hydrogen-bond acceptors (Lipinski definition) is 3. The van der Waals surface area contributed by atoms with Gasteiger partial charge in [0.05, 0.1) is 4.99 Å². The number of nitrogens with zero attached hydrogens (tertiary/aromatic N) is 1. The minimum Gasteiger partial charge on any atom is -0.444 e. The number of halogens is 1. The summed E-state index contributed by atoms with van der Waals surface area (Å²) in [4.78, 5) is 14.2. The summed E-state index contributed by atoms with van der Waals surface area (Å²) in [7, 11) is 0. The molecule has 0 aliphatic heterocycles. The molecule has 0 radical (unpaired) electrons. The molecule has 1 amide bonds. The Morgan fingerprint density at radius 1 is 1.59 bits per heavy atom. The van der Waals surface area contributed by atoms with Crippen LogP contribution in [-0.2, 0) is 0 Å². The van der Waals surface area contributed by atoms with Crippen molar-refractivity contribution in [3.8, 4) is 0 Å². The number of carbonyl (C=O) groups is 1. The Hall–Kier alpha value is -0.880. The van der Waals surface area contributed by atoms with Gasteiger partial charge in [-0.25, -0.2) is 0 Å². The molecular weight excluding hydrogens is 304 g/mol. The van der Waals surface area contributed by atoms with Gasteiger partial charge in [0, 0.05) is 19.0 Å². The molecule has 0 aliphatic carbocycles. The average molecular weight is 319 g/mol. The topological polar surface area (TPSA) is 59.5 Å². The number of thiocarbonyl (C=S) groups is 1. The molecule has 6 heteroatoms. The lowest BCUT2D eigenvalue weighted by molar-refractivity contribution is 0.0677. The smallest absolute Gasteiger partial charge is 0.289 e. The fraction of sp³-hybridized carbons (Fsp3) is 0.455. The van der Waals surface area contributed by atoms with Crippen LogP contribution in [0.15, 0.2) is 21.2 Å². The summed E-state index contributed by atoms with van der Waals surface area (Å²) in [5, 5.41) is 0. The van der Waals surface area contributed by atoms with Crippen LogP contribution in [0.5, 0.6) is 0 Å². The quantitative estimate of drug-likeness (QED) is 0.848. The Labute approximate surface area is 114 Å². The minimum atomic E-state index is -0.151. The van der Waals surface area contributed by atoms with Crippen LogP contribution in [0.4, 0.5) is 0 Å². The van der Waals surface area contributed by atoms with Crippen LogP contribution in [0.25, 0.3) is 0 Å².